The van der Waals surface area contributed by atoms with Crippen molar-refractivity contribution in [3.05, 3.63) is 314 Å². The van der Waals surface area contributed by atoms with Crippen LogP contribution in [0.3, 0.4) is 0 Å². The molecule has 14 aromatic carbocycles. The second kappa shape index (κ2) is 21.0. The van der Waals surface area contributed by atoms with Crippen molar-refractivity contribution in [3.8, 4) is 51.3 Å². The molecule has 0 saturated carbocycles. The van der Waals surface area contributed by atoms with Gasteiger partial charge in [0.05, 0.1) is 100 Å². The first-order valence-corrected chi connectivity index (χ1v) is 32.8. The average molecular weight is 1310 g/mol. The van der Waals surface area contributed by atoms with Crippen molar-refractivity contribution in [1.82, 2.24) is 27.4 Å². The van der Waals surface area contributed by atoms with E-state index in [1.54, 1.807) is 12.1 Å². The predicted molar refractivity (Wildman–Crippen MR) is 393 cm³/mol. The Hall–Kier alpha value is -13.1. The van der Waals surface area contributed by atoms with Gasteiger partial charge < -0.3 is 27.4 Å². The van der Waals surface area contributed by atoms with Gasteiger partial charge in [0.15, 0.2) is 0 Å². The molecule has 6 aromatic heterocycles. The molecule has 0 N–H and O–H groups in total. The van der Waals surface area contributed by atoms with Crippen molar-refractivity contribution >= 4 is 131 Å². The SMILES string of the molecule is N#Cc1cc(-n2c3ccc(-n4c5ccccc5c5ccccc54)cc3c3cc(-n4c5ccccc5c5ccccc54)ccc32)c(-n2c3ccc(-n4c5ccccc5c5ccccc54)cc3c3cc(-n4c5ccccc5c5ccccc54)ccc32)cc1-c1ccc(C(F)(F)F)cc1C(F)(F)F. The molecule has 7 nitrogen and oxygen atoms in total. The largest absolute Gasteiger partial charge is 0.417 e. The molecule has 0 unspecified atom stereocenters. The van der Waals surface area contributed by atoms with Gasteiger partial charge in [-0.3, -0.25) is 0 Å². The van der Waals surface area contributed by atoms with Crippen molar-refractivity contribution in [2.45, 2.75) is 12.4 Å². The third-order valence-electron chi connectivity index (χ3n) is 20.5. The van der Waals surface area contributed by atoms with Crippen molar-refractivity contribution in [2.75, 3.05) is 0 Å². The lowest BCUT2D eigenvalue weighted by Crippen LogP contribution is -2.13. The van der Waals surface area contributed by atoms with Crippen LogP contribution >= 0.6 is 0 Å². The molecule has 0 aliphatic carbocycles. The van der Waals surface area contributed by atoms with Crippen LogP contribution in [-0.4, -0.2) is 27.4 Å². The van der Waals surface area contributed by atoms with Crippen LogP contribution < -0.4 is 0 Å². The summed E-state index contributed by atoms with van der Waals surface area (Å²) in [6.07, 6.45) is -10.4. The molecule has 100 heavy (non-hydrogen) atoms. The quantitative estimate of drug-likeness (QED) is 0.147. The molecule has 6 heterocycles. The summed E-state index contributed by atoms with van der Waals surface area (Å²) in [6, 6.07) is 98.7. The number of halogens is 6. The predicted octanol–water partition coefficient (Wildman–Crippen LogP) is 23.8. The van der Waals surface area contributed by atoms with Crippen molar-refractivity contribution in [3.63, 3.8) is 0 Å². The molecular weight excluding hydrogens is 1260 g/mol. The zero-order chi connectivity index (χ0) is 67.0. The first kappa shape index (κ1) is 57.2. The molecule has 20 aromatic rings. The first-order chi connectivity index (χ1) is 48.9. The Labute approximate surface area is 564 Å². The van der Waals surface area contributed by atoms with E-state index in [0.29, 0.717) is 39.5 Å². The van der Waals surface area contributed by atoms with Crippen molar-refractivity contribution in [2.24, 2.45) is 0 Å². The average Bonchev–Trinajstić information content (AvgIpc) is 1.52. The molecular formula is C87H49F6N7. The molecule has 20 rings (SSSR count). The zero-order valence-corrected chi connectivity index (χ0v) is 52.7. The lowest BCUT2D eigenvalue weighted by atomic mass is 9.92. The van der Waals surface area contributed by atoms with Gasteiger partial charge in [0.1, 0.15) is 0 Å². The number of nitrogens with zero attached hydrogens (tertiary/aromatic N) is 7. The van der Waals surface area contributed by atoms with Gasteiger partial charge >= 0.3 is 12.4 Å². The van der Waals surface area contributed by atoms with Crippen LogP contribution in [0.5, 0.6) is 0 Å². The van der Waals surface area contributed by atoms with Crippen LogP contribution in [0.1, 0.15) is 16.7 Å². The van der Waals surface area contributed by atoms with Gasteiger partial charge in [-0.15, -0.1) is 0 Å². The molecule has 0 bridgehead atoms. The number of alkyl halides is 6. The topological polar surface area (TPSA) is 53.4 Å². The second-order valence-electron chi connectivity index (χ2n) is 25.7. The van der Waals surface area contributed by atoms with E-state index >= 15 is 13.2 Å². The highest BCUT2D eigenvalue weighted by Gasteiger charge is 2.39. The lowest BCUT2D eigenvalue weighted by molar-refractivity contribution is -0.142. The molecule has 474 valence electrons. The molecule has 0 aliphatic rings. The smallest absolute Gasteiger partial charge is 0.309 e. The van der Waals surface area contributed by atoms with Crippen LogP contribution in [-0.2, 0) is 12.4 Å². The molecule has 0 radical (unpaired) electrons. The minimum absolute atomic E-state index is 0.146. The van der Waals surface area contributed by atoms with Gasteiger partial charge in [0, 0.05) is 92.9 Å². The van der Waals surface area contributed by atoms with E-state index in [1.807, 2.05) is 114 Å². The summed E-state index contributed by atoms with van der Waals surface area (Å²) in [7, 11) is 0. The van der Waals surface area contributed by atoms with Gasteiger partial charge in [0.2, 0.25) is 0 Å². The Balaban J connectivity index is 0.930. The minimum atomic E-state index is -5.28. The lowest BCUT2D eigenvalue weighted by Gasteiger charge is -2.21. The van der Waals surface area contributed by atoms with Gasteiger partial charge in [-0.25, -0.2) is 0 Å². The third-order valence-corrected chi connectivity index (χ3v) is 20.5. The fourth-order valence-electron chi connectivity index (χ4n) is 16.3. The Morgan fingerprint density at radius 3 is 0.750 bits per heavy atom. The van der Waals surface area contributed by atoms with Gasteiger partial charge in [0.25, 0.3) is 0 Å². The summed E-state index contributed by atoms with van der Waals surface area (Å²) in [6.45, 7) is 0. The number of aromatic nitrogens is 6. The maximum atomic E-state index is 15.8. The summed E-state index contributed by atoms with van der Waals surface area (Å²) in [5.74, 6) is 0. The van der Waals surface area contributed by atoms with Gasteiger partial charge in [-0.1, -0.05) is 152 Å². The van der Waals surface area contributed by atoms with Crippen molar-refractivity contribution in [1.29, 1.82) is 5.26 Å². The molecule has 0 amide bonds. The molecule has 0 atom stereocenters. The summed E-state index contributed by atoms with van der Waals surface area (Å²) in [5, 5.41) is 23.5. The molecule has 0 saturated heterocycles. The Bertz CT molecular complexity index is 6420. The van der Waals surface area contributed by atoms with E-state index in [9.17, 15) is 18.4 Å². The first-order valence-electron chi connectivity index (χ1n) is 32.8. The molecule has 0 fully saturated rings. The Morgan fingerprint density at radius 1 is 0.230 bits per heavy atom. The summed E-state index contributed by atoms with van der Waals surface area (Å²) >= 11 is 0. The summed E-state index contributed by atoms with van der Waals surface area (Å²) in [5.41, 5.74) is 11.0. The number of hydrogen-bond acceptors (Lipinski definition) is 1. The summed E-state index contributed by atoms with van der Waals surface area (Å²) < 4.78 is 105. The van der Waals surface area contributed by atoms with E-state index in [1.165, 1.54) is 0 Å². The van der Waals surface area contributed by atoms with Crippen LogP contribution in [0.25, 0.3) is 176 Å². The van der Waals surface area contributed by atoms with Crippen LogP contribution in [0.2, 0.25) is 0 Å². The highest BCUT2D eigenvalue weighted by atomic mass is 19.4. The van der Waals surface area contributed by atoms with Gasteiger partial charge in [-0.05, 0) is 151 Å². The van der Waals surface area contributed by atoms with E-state index in [4.69, 9.17) is 0 Å². The van der Waals surface area contributed by atoms with E-state index < -0.39 is 29.0 Å². The van der Waals surface area contributed by atoms with E-state index in [2.05, 4.69) is 187 Å². The Morgan fingerprint density at radius 2 is 0.490 bits per heavy atom. The summed E-state index contributed by atoms with van der Waals surface area (Å²) in [4.78, 5) is 0. The molecule has 13 heteroatoms. The number of nitriles is 1. The molecule has 0 aliphatic heterocycles. The Kier molecular flexibility index (Phi) is 12.0. The minimum Gasteiger partial charge on any atom is -0.309 e. The fourth-order valence-corrected chi connectivity index (χ4v) is 16.3. The van der Waals surface area contributed by atoms with E-state index in [0.717, 1.165) is 138 Å². The highest BCUT2D eigenvalue weighted by molar-refractivity contribution is 6.17. The van der Waals surface area contributed by atoms with Crippen LogP contribution in [0.4, 0.5) is 26.3 Å². The maximum Gasteiger partial charge on any atom is 0.417 e. The number of para-hydroxylation sites is 8. The monoisotopic (exact) mass is 1310 g/mol. The van der Waals surface area contributed by atoms with Crippen LogP contribution in [0, 0.1) is 11.3 Å². The maximum absolute atomic E-state index is 15.8. The number of benzene rings is 14. The van der Waals surface area contributed by atoms with Crippen LogP contribution in [0.15, 0.2) is 297 Å². The zero-order valence-electron chi connectivity index (χ0n) is 52.7. The number of hydrogen-bond donors (Lipinski definition) is 0. The highest BCUT2D eigenvalue weighted by Crippen LogP contribution is 2.48. The van der Waals surface area contributed by atoms with Gasteiger partial charge in [-0.2, -0.15) is 31.6 Å². The number of rotatable bonds is 7. The second-order valence-corrected chi connectivity index (χ2v) is 25.7. The number of fused-ring (bicyclic) bond motifs is 18. The molecule has 0 spiro atoms. The third kappa shape index (κ3) is 8.22. The fraction of sp³-hybridized carbons (Fsp3) is 0.0230. The van der Waals surface area contributed by atoms with E-state index in [-0.39, 0.29) is 17.2 Å². The normalized spacial score (nSPS) is 12.5. The van der Waals surface area contributed by atoms with Crippen molar-refractivity contribution < 1.29 is 26.3 Å². The standard InChI is InChI=1S/C87H49F6N7/c88-86(89,90)52-33-38-57(71(44-52)87(91,92)93)66-49-85(100-82-41-36-55(97-76-29-13-5-21-62(76)63-22-6-14-30-77(63)97)47-69(82)70-48-56(37-42-83(70)100)98-78-31-15-7-23-64(78)65-24-8-16-32-79(65)98)84(43-51(66)50-94)99-80-39-34-53(95-72-25-9-1-17-58(72)59-18-2-10-26-73(59)95)45-67(80)68-46-54(35-40-81(68)99)96-74-27-11-3-19-60(74)61-20-4-12-28-75(61)96/h1-49H.